The molecule has 1 atom stereocenters. The maximum Gasteiger partial charge on any atom is 0.253 e. The highest BCUT2D eigenvalue weighted by atomic mass is 16.1. The van der Waals surface area contributed by atoms with Crippen molar-refractivity contribution < 1.29 is 4.79 Å². The van der Waals surface area contributed by atoms with Gasteiger partial charge in [-0.1, -0.05) is 109 Å². The van der Waals surface area contributed by atoms with Gasteiger partial charge in [0.2, 0.25) is 0 Å². The third kappa shape index (κ3) is 4.07. The SMILES string of the molecule is Cc1c(CNC(=O)c2cn3c4c(cccc24)CCC3C)ncn1C(c1ccccc1)(c1ccccc1)c1ccccc1. The highest BCUT2D eigenvalue weighted by Gasteiger charge is 2.39. The zero-order chi connectivity index (χ0) is 28.7. The molecule has 208 valence electrons. The summed E-state index contributed by atoms with van der Waals surface area (Å²) in [6.07, 6.45) is 6.09. The lowest BCUT2D eigenvalue weighted by molar-refractivity contribution is 0.0952. The third-order valence-corrected chi connectivity index (χ3v) is 8.95. The van der Waals surface area contributed by atoms with E-state index in [0.29, 0.717) is 12.6 Å². The Morgan fingerprint density at radius 1 is 0.857 bits per heavy atom. The summed E-state index contributed by atoms with van der Waals surface area (Å²) in [7, 11) is 0. The van der Waals surface area contributed by atoms with Crippen LogP contribution in [0.5, 0.6) is 0 Å². The molecule has 1 aliphatic rings. The number of aryl methyl sites for hydroxylation is 1. The number of carbonyl (C=O) groups is 1. The first kappa shape index (κ1) is 26.0. The second-order valence-corrected chi connectivity index (χ2v) is 11.3. The van der Waals surface area contributed by atoms with Gasteiger partial charge >= 0.3 is 0 Å². The number of carbonyl (C=O) groups excluding carboxylic acids is 1. The van der Waals surface area contributed by atoms with Crippen LogP contribution in [0, 0.1) is 6.92 Å². The van der Waals surface area contributed by atoms with E-state index in [2.05, 4.69) is 119 Å². The minimum atomic E-state index is -0.641. The van der Waals surface area contributed by atoms with Gasteiger partial charge in [-0.3, -0.25) is 4.79 Å². The van der Waals surface area contributed by atoms with Crippen molar-refractivity contribution in [1.29, 1.82) is 0 Å². The molecule has 42 heavy (non-hydrogen) atoms. The monoisotopic (exact) mass is 550 g/mol. The maximum absolute atomic E-state index is 13.6. The summed E-state index contributed by atoms with van der Waals surface area (Å²) in [5.41, 5.74) is 7.87. The lowest BCUT2D eigenvalue weighted by atomic mass is 9.76. The fourth-order valence-electron chi connectivity index (χ4n) is 6.79. The summed E-state index contributed by atoms with van der Waals surface area (Å²) in [6, 6.07) is 38.4. The lowest BCUT2D eigenvalue weighted by Crippen LogP contribution is -2.38. The van der Waals surface area contributed by atoms with Crippen LogP contribution in [0.15, 0.2) is 122 Å². The fraction of sp³-hybridized carbons (Fsp3) is 0.189. The van der Waals surface area contributed by atoms with E-state index >= 15 is 0 Å². The molecule has 0 saturated carbocycles. The molecule has 1 N–H and O–H groups in total. The summed E-state index contributed by atoms with van der Waals surface area (Å²) in [5.74, 6) is -0.0700. The van der Waals surface area contributed by atoms with Crippen LogP contribution in [0.25, 0.3) is 10.9 Å². The van der Waals surface area contributed by atoms with Gasteiger partial charge in [0.05, 0.1) is 29.6 Å². The summed E-state index contributed by atoms with van der Waals surface area (Å²) < 4.78 is 4.54. The van der Waals surface area contributed by atoms with Crippen LogP contribution in [0.2, 0.25) is 0 Å². The largest absolute Gasteiger partial charge is 0.346 e. The van der Waals surface area contributed by atoms with E-state index in [-0.39, 0.29) is 5.91 Å². The van der Waals surface area contributed by atoms with E-state index in [1.54, 1.807) is 0 Å². The first-order valence-electron chi connectivity index (χ1n) is 14.7. The highest BCUT2D eigenvalue weighted by Crippen LogP contribution is 2.42. The Kier molecular flexibility index (Phi) is 6.50. The Hall–Kier alpha value is -4.90. The van der Waals surface area contributed by atoms with Crippen LogP contribution in [-0.4, -0.2) is 20.0 Å². The number of para-hydroxylation sites is 1. The molecule has 1 unspecified atom stereocenters. The maximum atomic E-state index is 13.6. The van der Waals surface area contributed by atoms with Gasteiger partial charge in [-0.05, 0) is 48.9 Å². The van der Waals surface area contributed by atoms with Gasteiger partial charge in [-0.25, -0.2) is 4.98 Å². The van der Waals surface area contributed by atoms with Crippen LogP contribution < -0.4 is 5.32 Å². The van der Waals surface area contributed by atoms with Gasteiger partial charge in [0.25, 0.3) is 5.91 Å². The lowest BCUT2D eigenvalue weighted by Gasteiger charge is -2.38. The Labute approximate surface area is 246 Å². The fourth-order valence-corrected chi connectivity index (χ4v) is 6.79. The van der Waals surface area contributed by atoms with Crippen LogP contribution in [-0.2, 0) is 18.5 Å². The van der Waals surface area contributed by atoms with Crippen LogP contribution >= 0.6 is 0 Å². The Morgan fingerprint density at radius 3 is 2.05 bits per heavy atom. The molecule has 0 radical (unpaired) electrons. The van der Waals surface area contributed by atoms with Gasteiger partial charge in [0.1, 0.15) is 5.54 Å². The minimum absolute atomic E-state index is 0.0700. The molecule has 5 heteroatoms. The Bertz CT molecular complexity index is 1770. The molecule has 6 aromatic rings. The molecule has 7 rings (SSSR count). The average molecular weight is 551 g/mol. The van der Waals surface area contributed by atoms with Gasteiger partial charge in [0.15, 0.2) is 0 Å². The summed E-state index contributed by atoms with van der Waals surface area (Å²) in [6.45, 7) is 4.67. The van der Waals surface area contributed by atoms with Crippen molar-refractivity contribution in [2.45, 2.75) is 44.8 Å². The molecule has 1 aliphatic heterocycles. The summed E-state index contributed by atoms with van der Waals surface area (Å²) in [5, 5.41) is 4.22. The average Bonchev–Trinajstić information content (AvgIpc) is 3.62. The van der Waals surface area contributed by atoms with E-state index < -0.39 is 5.54 Å². The molecule has 2 aromatic heterocycles. The summed E-state index contributed by atoms with van der Waals surface area (Å²) >= 11 is 0. The van der Waals surface area contributed by atoms with E-state index in [1.807, 2.05) is 30.7 Å². The number of nitrogens with one attached hydrogen (secondary N) is 1. The molecule has 0 spiro atoms. The predicted octanol–water partition coefficient (Wildman–Crippen LogP) is 7.42. The minimum Gasteiger partial charge on any atom is -0.346 e. The number of aromatic nitrogens is 3. The van der Waals surface area contributed by atoms with Crippen molar-refractivity contribution in [2.75, 3.05) is 0 Å². The highest BCUT2D eigenvalue weighted by molar-refractivity contribution is 6.07. The van der Waals surface area contributed by atoms with E-state index in [9.17, 15) is 4.79 Å². The Balaban J connectivity index is 1.29. The van der Waals surface area contributed by atoms with Crippen molar-refractivity contribution >= 4 is 16.8 Å². The normalized spacial score (nSPS) is 14.7. The quantitative estimate of drug-likeness (QED) is 0.210. The molecular weight excluding hydrogens is 516 g/mol. The smallest absolute Gasteiger partial charge is 0.253 e. The molecule has 3 heterocycles. The number of rotatable bonds is 7. The van der Waals surface area contributed by atoms with Crippen LogP contribution in [0.3, 0.4) is 0 Å². The predicted molar refractivity (Wildman–Crippen MR) is 168 cm³/mol. The number of hydrogen-bond acceptors (Lipinski definition) is 2. The number of benzene rings is 4. The van der Waals surface area contributed by atoms with E-state index in [1.165, 1.54) is 11.1 Å². The molecule has 5 nitrogen and oxygen atoms in total. The number of nitrogens with zero attached hydrogens (tertiary/aromatic N) is 3. The summed E-state index contributed by atoms with van der Waals surface area (Å²) in [4.78, 5) is 18.5. The van der Waals surface area contributed by atoms with Crippen molar-refractivity contribution in [3.8, 4) is 0 Å². The van der Waals surface area contributed by atoms with Gasteiger partial charge in [-0.2, -0.15) is 0 Å². The third-order valence-electron chi connectivity index (χ3n) is 8.95. The number of hydrogen-bond donors (Lipinski definition) is 1. The van der Waals surface area contributed by atoms with Crippen molar-refractivity contribution in [1.82, 2.24) is 19.4 Å². The van der Waals surface area contributed by atoms with Crippen LogP contribution in [0.1, 0.15) is 63.4 Å². The molecule has 0 fully saturated rings. The van der Waals surface area contributed by atoms with Gasteiger partial charge < -0.3 is 14.5 Å². The number of amides is 1. The molecule has 0 aliphatic carbocycles. The molecule has 1 amide bonds. The van der Waals surface area contributed by atoms with Crippen LogP contribution in [0.4, 0.5) is 0 Å². The van der Waals surface area contributed by atoms with Gasteiger partial charge in [0, 0.05) is 23.3 Å². The van der Waals surface area contributed by atoms with E-state index in [4.69, 9.17) is 4.98 Å². The molecule has 0 saturated heterocycles. The second-order valence-electron chi connectivity index (χ2n) is 11.3. The first-order valence-corrected chi connectivity index (χ1v) is 14.7. The molecule has 0 bridgehead atoms. The molecule has 4 aromatic carbocycles. The topological polar surface area (TPSA) is 51.9 Å². The zero-order valence-corrected chi connectivity index (χ0v) is 24.0. The van der Waals surface area contributed by atoms with Crippen molar-refractivity contribution in [2.24, 2.45) is 0 Å². The molecular formula is C37H34N4O. The first-order chi connectivity index (χ1) is 20.6. The second kappa shape index (κ2) is 10.5. The standard InChI is InChI=1S/C37H34N4O/c1-26-21-22-28-13-12-20-32-33(24-40(26)35(28)32)36(42)38-23-34-27(2)41(25-39-34)37(29-14-6-3-7-15-29,30-16-8-4-9-17-30)31-18-10-5-11-19-31/h3-20,24-26H,21-23H2,1-2H3,(H,38,42). The number of imidazole rings is 1. The van der Waals surface area contributed by atoms with Gasteiger partial charge in [-0.15, -0.1) is 0 Å². The van der Waals surface area contributed by atoms with E-state index in [0.717, 1.165) is 51.9 Å². The zero-order valence-electron chi connectivity index (χ0n) is 24.0. The Morgan fingerprint density at radius 2 is 1.45 bits per heavy atom. The van der Waals surface area contributed by atoms with Crippen molar-refractivity contribution in [3.05, 3.63) is 161 Å². The van der Waals surface area contributed by atoms with Crippen molar-refractivity contribution in [3.63, 3.8) is 0 Å².